The highest BCUT2D eigenvalue weighted by Crippen LogP contribution is 2.49. The number of nitrogens with one attached hydrogen (secondary N) is 1. The number of nitrogens with zero attached hydrogens (tertiary/aromatic N) is 1. The van der Waals surface area contributed by atoms with Crippen molar-refractivity contribution in [2.24, 2.45) is 0 Å². The van der Waals surface area contributed by atoms with E-state index in [1.165, 1.54) is 0 Å². The number of carbonyl (C=O) groups is 2. The quantitative estimate of drug-likeness (QED) is 0.537. The molecule has 4 heteroatoms. The molecular weight excluding hydrogens is 348 g/mol. The number of hydrogen-bond donors (Lipinski definition) is 1. The zero-order valence-electron chi connectivity index (χ0n) is 17.1. The minimum absolute atomic E-state index is 0.209. The number of carbonyl (C=O) groups excluding carboxylic acids is 2. The van der Waals surface area contributed by atoms with Gasteiger partial charge in [-0.3, -0.25) is 9.59 Å². The summed E-state index contributed by atoms with van der Waals surface area (Å²) in [5.41, 5.74) is 4.60. The van der Waals surface area contributed by atoms with Gasteiger partial charge in [-0.15, -0.1) is 6.58 Å². The predicted molar refractivity (Wildman–Crippen MR) is 114 cm³/mol. The van der Waals surface area contributed by atoms with E-state index in [4.69, 9.17) is 0 Å². The molecule has 28 heavy (non-hydrogen) atoms. The summed E-state index contributed by atoms with van der Waals surface area (Å²) in [4.78, 5) is 31.5. The smallest absolute Gasteiger partial charge is 0.238 e. The molecule has 0 fully saturated rings. The molecule has 4 nitrogen and oxygen atoms in total. The van der Waals surface area contributed by atoms with E-state index < -0.39 is 5.41 Å². The summed E-state index contributed by atoms with van der Waals surface area (Å²) >= 11 is 0. The molecule has 0 bridgehead atoms. The molecule has 2 heterocycles. The number of aromatic nitrogens is 1. The molecule has 1 N–H and O–H groups in total. The molecule has 148 valence electrons. The zero-order chi connectivity index (χ0) is 19.9. The fourth-order valence-corrected chi connectivity index (χ4v) is 5.36. The number of aromatic amines is 1. The van der Waals surface area contributed by atoms with Crippen LogP contribution in [0.25, 0.3) is 10.9 Å². The van der Waals surface area contributed by atoms with Gasteiger partial charge in [-0.1, -0.05) is 32.8 Å². The molecule has 0 saturated heterocycles. The van der Waals surface area contributed by atoms with Crippen molar-refractivity contribution in [3.8, 4) is 0 Å². The number of anilines is 1. The predicted octanol–water partition coefficient (Wildman–Crippen LogP) is 5.45. The summed E-state index contributed by atoms with van der Waals surface area (Å²) in [5, 5.41) is 1.11. The summed E-state index contributed by atoms with van der Waals surface area (Å²) in [6.45, 7) is 8.69. The number of fused-ring (bicyclic) bond motifs is 4. The number of aryl methyl sites for hydroxylation is 1. The van der Waals surface area contributed by atoms with Gasteiger partial charge >= 0.3 is 0 Å². The van der Waals surface area contributed by atoms with Crippen LogP contribution < -0.4 is 4.90 Å². The van der Waals surface area contributed by atoms with Gasteiger partial charge in [0.15, 0.2) is 5.78 Å². The summed E-state index contributed by atoms with van der Waals surface area (Å²) < 4.78 is 0. The van der Waals surface area contributed by atoms with Crippen molar-refractivity contribution >= 4 is 28.3 Å². The second-order valence-electron chi connectivity index (χ2n) is 8.31. The zero-order valence-corrected chi connectivity index (χ0v) is 17.1. The summed E-state index contributed by atoms with van der Waals surface area (Å²) in [7, 11) is 0. The van der Waals surface area contributed by atoms with Crippen LogP contribution in [0, 0.1) is 0 Å². The van der Waals surface area contributed by atoms with E-state index in [0.717, 1.165) is 78.4 Å². The number of Topliss-reactive ketones (excluding diaryl/α,β-unsaturated/α-hetero) is 1. The summed E-state index contributed by atoms with van der Waals surface area (Å²) in [6, 6.07) is 4.33. The average molecular weight is 379 g/mol. The van der Waals surface area contributed by atoms with Crippen molar-refractivity contribution < 1.29 is 9.59 Å². The van der Waals surface area contributed by atoms with Crippen molar-refractivity contribution in [2.45, 2.75) is 70.6 Å². The molecular formula is C24H30N2O2. The van der Waals surface area contributed by atoms with Crippen molar-refractivity contribution in [2.75, 3.05) is 11.4 Å². The molecule has 1 amide bonds. The number of H-pyrrole nitrogens is 1. The Balaban J connectivity index is 1.97. The Kier molecular flexibility index (Phi) is 4.90. The van der Waals surface area contributed by atoms with Crippen LogP contribution in [0.2, 0.25) is 0 Å². The van der Waals surface area contributed by atoms with E-state index in [1.54, 1.807) is 6.08 Å². The van der Waals surface area contributed by atoms with Gasteiger partial charge in [0.05, 0.1) is 11.1 Å². The largest absolute Gasteiger partial charge is 0.352 e. The molecule has 2 aliphatic rings. The minimum Gasteiger partial charge on any atom is -0.352 e. The standard InChI is InChI=1S/C24H30N2O2/c1-4-11-24(12-5-2)18-15-19-17(14-20(18)26(13-6-3)23(24)28)16-9-7-8-10-21(27)22(16)25-19/h6,14-15,25H,3-5,7-13H2,1-2H3. The van der Waals surface area contributed by atoms with Gasteiger partial charge < -0.3 is 9.88 Å². The van der Waals surface area contributed by atoms with Crippen molar-refractivity contribution in [1.29, 1.82) is 0 Å². The highest BCUT2D eigenvalue weighted by Gasteiger charge is 2.49. The lowest BCUT2D eigenvalue weighted by Gasteiger charge is -2.28. The average Bonchev–Trinajstić information content (AvgIpc) is 3.06. The van der Waals surface area contributed by atoms with Crippen LogP contribution in [0.5, 0.6) is 0 Å². The SMILES string of the molecule is C=CCN1C(=O)C(CCC)(CCC)c2cc3[nH]c4c(c3cc21)CCCCC4=O. The van der Waals surface area contributed by atoms with Crippen LogP contribution in [-0.4, -0.2) is 23.2 Å². The monoisotopic (exact) mass is 378 g/mol. The Hall–Kier alpha value is -2.36. The van der Waals surface area contributed by atoms with Gasteiger partial charge in [0.25, 0.3) is 0 Å². The van der Waals surface area contributed by atoms with Gasteiger partial charge in [-0.2, -0.15) is 0 Å². The maximum absolute atomic E-state index is 13.6. The fourth-order valence-electron chi connectivity index (χ4n) is 5.36. The molecule has 0 unspecified atom stereocenters. The van der Waals surface area contributed by atoms with Gasteiger partial charge in [0.1, 0.15) is 0 Å². The molecule has 0 spiro atoms. The highest BCUT2D eigenvalue weighted by molar-refractivity contribution is 6.12. The molecule has 4 rings (SSSR count). The molecule has 0 atom stereocenters. The molecule has 1 aliphatic carbocycles. The lowest BCUT2D eigenvalue weighted by Crippen LogP contribution is -2.40. The molecule has 1 aromatic carbocycles. The van der Waals surface area contributed by atoms with Crippen LogP contribution in [-0.2, 0) is 16.6 Å². The van der Waals surface area contributed by atoms with Gasteiger partial charge in [-0.25, -0.2) is 0 Å². The number of amides is 1. The Morgan fingerprint density at radius 3 is 2.54 bits per heavy atom. The topological polar surface area (TPSA) is 53.2 Å². The van der Waals surface area contributed by atoms with Gasteiger partial charge in [0, 0.05) is 29.6 Å². The second-order valence-corrected chi connectivity index (χ2v) is 8.31. The Morgan fingerprint density at radius 2 is 1.86 bits per heavy atom. The first-order valence-electron chi connectivity index (χ1n) is 10.7. The number of rotatable bonds is 6. The van der Waals surface area contributed by atoms with Crippen LogP contribution in [0.4, 0.5) is 5.69 Å². The van der Waals surface area contributed by atoms with E-state index in [9.17, 15) is 9.59 Å². The van der Waals surface area contributed by atoms with E-state index in [2.05, 4.69) is 37.5 Å². The fraction of sp³-hybridized carbons (Fsp3) is 0.500. The molecule has 2 aromatic rings. The lowest BCUT2D eigenvalue weighted by atomic mass is 9.74. The third-order valence-corrected chi connectivity index (χ3v) is 6.51. The van der Waals surface area contributed by atoms with E-state index in [-0.39, 0.29) is 11.7 Å². The Labute approximate surface area is 167 Å². The van der Waals surface area contributed by atoms with Gasteiger partial charge in [-0.05, 0) is 55.4 Å². The molecule has 1 aliphatic heterocycles. The number of ketones is 1. The van der Waals surface area contributed by atoms with Crippen LogP contribution in [0.1, 0.15) is 80.4 Å². The Morgan fingerprint density at radius 1 is 1.14 bits per heavy atom. The number of benzene rings is 1. The second kappa shape index (κ2) is 7.23. The maximum atomic E-state index is 13.6. The van der Waals surface area contributed by atoms with E-state index >= 15 is 0 Å². The van der Waals surface area contributed by atoms with Gasteiger partial charge in [0.2, 0.25) is 5.91 Å². The van der Waals surface area contributed by atoms with E-state index in [1.807, 2.05) is 4.90 Å². The molecule has 1 aromatic heterocycles. The molecule has 0 radical (unpaired) electrons. The van der Waals surface area contributed by atoms with Crippen LogP contribution in [0.3, 0.4) is 0 Å². The Bertz CT molecular complexity index is 947. The first-order chi connectivity index (χ1) is 13.6. The number of hydrogen-bond acceptors (Lipinski definition) is 2. The van der Waals surface area contributed by atoms with Crippen molar-refractivity contribution in [1.82, 2.24) is 4.98 Å². The summed E-state index contributed by atoms with van der Waals surface area (Å²) in [5.74, 6) is 0.428. The molecule has 0 saturated carbocycles. The lowest BCUT2D eigenvalue weighted by molar-refractivity contribution is -0.123. The highest BCUT2D eigenvalue weighted by atomic mass is 16.2. The third-order valence-electron chi connectivity index (χ3n) is 6.51. The van der Waals surface area contributed by atoms with Crippen LogP contribution >= 0.6 is 0 Å². The first-order valence-corrected chi connectivity index (χ1v) is 10.7. The van der Waals surface area contributed by atoms with E-state index in [0.29, 0.717) is 13.0 Å². The first kappa shape index (κ1) is 19.0. The minimum atomic E-state index is -0.456. The van der Waals surface area contributed by atoms with Crippen molar-refractivity contribution in [3.63, 3.8) is 0 Å². The van der Waals surface area contributed by atoms with Crippen LogP contribution in [0.15, 0.2) is 24.8 Å². The normalized spacial score (nSPS) is 18.3. The summed E-state index contributed by atoms with van der Waals surface area (Å²) in [6.07, 6.45) is 8.96. The third kappa shape index (κ3) is 2.65. The van der Waals surface area contributed by atoms with Crippen molar-refractivity contribution in [3.05, 3.63) is 41.6 Å². The maximum Gasteiger partial charge on any atom is 0.238 e.